The Morgan fingerprint density at radius 1 is 1.46 bits per heavy atom. The molecule has 1 unspecified atom stereocenters. The molecule has 0 amide bonds. The van der Waals surface area contributed by atoms with Crippen molar-refractivity contribution >= 4 is 7.60 Å². The highest BCUT2D eigenvalue weighted by molar-refractivity contribution is 7.53. The Hall–Kier alpha value is 0.110. The molecule has 0 aromatic heterocycles. The molecule has 0 heterocycles. The van der Waals surface area contributed by atoms with Crippen LogP contribution >= 0.6 is 7.60 Å². The Morgan fingerprint density at radius 3 is 2.08 bits per heavy atom. The van der Waals surface area contributed by atoms with Crippen LogP contribution in [0.5, 0.6) is 0 Å². The van der Waals surface area contributed by atoms with E-state index in [2.05, 4.69) is 13.8 Å². The van der Waals surface area contributed by atoms with Crippen LogP contribution in [-0.2, 0) is 4.57 Å². The van der Waals surface area contributed by atoms with E-state index in [1.807, 2.05) is 0 Å². The molecule has 0 saturated heterocycles. The molecule has 1 fully saturated rings. The number of hydrogen-bond donors (Lipinski definition) is 3. The lowest BCUT2D eigenvalue weighted by Gasteiger charge is -2.49. The van der Waals surface area contributed by atoms with Crippen LogP contribution < -0.4 is 5.73 Å². The maximum atomic E-state index is 11.1. The fourth-order valence-corrected chi connectivity index (χ4v) is 2.58. The number of rotatable bonds is 2. The third-order valence-corrected chi connectivity index (χ3v) is 4.67. The maximum Gasteiger partial charge on any atom is 0.345 e. The molecular weight excluding hydrogens is 189 g/mol. The molecule has 0 bridgehead atoms. The molecule has 1 rings (SSSR count). The second-order valence-corrected chi connectivity index (χ2v) is 7.09. The van der Waals surface area contributed by atoms with E-state index in [0.29, 0.717) is 0 Å². The quantitative estimate of drug-likeness (QED) is 0.595. The first-order chi connectivity index (χ1) is 5.56. The zero-order chi connectivity index (χ0) is 10.5. The van der Waals surface area contributed by atoms with Crippen LogP contribution in [0.25, 0.3) is 0 Å². The van der Waals surface area contributed by atoms with Gasteiger partial charge in [0.05, 0.1) is 0 Å². The van der Waals surface area contributed by atoms with Gasteiger partial charge in [0, 0.05) is 0 Å². The van der Waals surface area contributed by atoms with Crippen molar-refractivity contribution in [3.63, 3.8) is 0 Å². The van der Waals surface area contributed by atoms with Crippen molar-refractivity contribution in [3.05, 3.63) is 0 Å². The van der Waals surface area contributed by atoms with Crippen molar-refractivity contribution in [2.75, 3.05) is 0 Å². The average Bonchev–Trinajstić information content (AvgIpc) is 1.79. The van der Waals surface area contributed by atoms with Gasteiger partial charge in [-0.2, -0.15) is 0 Å². The first-order valence-electron chi connectivity index (χ1n) is 4.41. The average molecular weight is 207 g/mol. The van der Waals surface area contributed by atoms with Crippen LogP contribution in [0.4, 0.5) is 0 Å². The van der Waals surface area contributed by atoms with Gasteiger partial charge in [-0.1, -0.05) is 13.8 Å². The topological polar surface area (TPSA) is 83.6 Å². The van der Waals surface area contributed by atoms with Gasteiger partial charge in [0.1, 0.15) is 5.28 Å². The second-order valence-electron chi connectivity index (χ2n) is 5.04. The lowest BCUT2D eigenvalue weighted by Crippen LogP contribution is -2.52. The molecule has 4 nitrogen and oxygen atoms in total. The van der Waals surface area contributed by atoms with Gasteiger partial charge in [-0.05, 0) is 31.1 Å². The molecule has 0 aliphatic heterocycles. The summed E-state index contributed by atoms with van der Waals surface area (Å²) in [6, 6.07) is 0. The highest BCUT2D eigenvalue weighted by Gasteiger charge is 2.53. The lowest BCUT2D eigenvalue weighted by atomic mass is 9.62. The number of nitrogens with two attached hydrogens (primary N) is 1. The fourth-order valence-electron chi connectivity index (χ4n) is 1.93. The van der Waals surface area contributed by atoms with Crippen LogP contribution in [0, 0.1) is 11.3 Å². The molecule has 1 atom stereocenters. The summed E-state index contributed by atoms with van der Waals surface area (Å²) in [4.78, 5) is 18.1. The van der Waals surface area contributed by atoms with Gasteiger partial charge in [-0.3, -0.25) is 4.57 Å². The maximum absolute atomic E-state index is 11.1. The van der Waals surface area contributed by atoms with Crippen LogP contribution in [-0.4, -0.2) is 15.1 Å². The third kappa shape index (κ3) is 1.96. The summed E-state index contributed by atoms with van der Waals surface area (Å²) >= 11 is 0. The Morgan fingerprint density at radius 2 is 1.85 bits per heavy atom. The first-order valence-corrected chi connectivity index (χ1v) is 6.02. The summed E-state index contributed by atoms with van der Waals surface area (Å²) in [5.74, 6) is -0.0525. The molecule has 78 valence electrons. The predicted octanol–water partition coefficient (Wildman–Crippen LogP) is 1.28. The molecule has 5 heteroatoms. The third-order valence-electron chi connectivity index (χ3n) is 3.05. The van der Waals surface area contributed by atoms with Crippen molar-refractivity contribution in [1.29, 1.82) is 0 Å². The van der Waals surface area contributed by atoms with E-state index in [4.69, 9.17) is 15.5 Å². The molecule has 13 heavy (non-hydrogen) atoms. The second kappa shape index (κ2) is 2.80. The molecule has 1 aliphatic rings. The monoisotopic (exact) mass is 207 g/mol. The van der Waals surface area contributed by atoms with Gasteiger partial charge in [0.2, 0.25) is 0 Å². The minimum absolute atomic E-state index is 0.0525. The molecule has 0 aromatic rings. The molecule has 1 saturated carbocycles. The van der Waals surface area contributed by atoms with E-state index >= 15 is 0 Å². The van der Waals surface area contributed by atoms with Crippen molar-refractivity contribution in [1.82, 2.24) is 0 Å². The Labute approximate surface area is 78.7 Å². The molecule has 0 spiro atoms. The van der Waals surface area contributed by atoms with Gasteiger partial charge >= 0.3 is 7.60 Å². The summed E-state index contributed by atoms with van der Waals surface area (Å²) in [6.07, 6.45) is 1.59. The van der Waals surface area contributed by atoms with Crippen molar-refractivity contribution < 1.29 is 14.4 Å². The van der Waals surface area contributed by atoms with Gasteiger partial charge in [-0.25, -0.2) is 0 Å². The van der Waals surface area contributed by atoms with E-state index in [1.165, 1.54) is 6.92 Å². The van der Waals surface area contributed by atoms with Crippen LogP contribution in [0.2, 0.25) is 0 Å². The van der Waals surface area contributed by atoms with Crippen molar-refractivity contribution in [2.45, 2.75) is 38.9 Å². The van der Waals surface area contributed by atoms with Crippen molar-refractivity contribution in [3.8, 4) is 0 Å². The minimum Gasteiger partial charge on any atom is -0.323 e. The molecule has 0 radical (unpaired) electrons. The van der Waals surface area contributed by atoms with Gasteiger partial charge in [0.15, 0.2) is 0 Å². The van der Waals surface area contributed by atoms with Gasteiger partial charge < -0.3 is 15.5 Å². The Kier molecular flexibility index (Phi) is 2.41. The normalized spacial score (nSPS) is 27.8. The van der Waals surface area contributed by atoms with Crippen LogP contribution in [0.3, 0.4) is 0 Å². The summed E-state index contributed by atoms with van der Waals surface area (Å²) in [5, 5.41) is -1.34. The van der Waals surface area contributed by atoms with E-state index in [1.54, 1.807) is 0 Å². The predicted molar refractivity (Wildman–Crippen MR) is 51.1 cm³/mol. The zero-order valence-electron chi connectivity index (χ0n) is 8.32. The van der Waals surface area contributed by atoms with E-state index < -0.39 is 12.9 Å². The SMILES string of the molecule is CC1(C)CC(C(C)(N)P(=O)(O)O)C1. The Balaban J connectivity index is 2.70. The van der Waals surface area contributed by atoms with Crippen LogP contribution in [0.1, 0.15) is 33.6 Å². The molecular formula is C8H18NO3P. The zero-order valence-corrected chi connectivity index (χ0v) is 9.21. The molecule has 0 aromatic carbocycles. The summed E-state index contributed by atoms with van der Waals surface area (Å²) in [5.41, 5.74) is 5.85. The summed E-state index contributed by atoms with van der Waals surface area (Å²) in [7, 11) is -4.17. The summed E-state index contributed by atoms with van der Waals surface area (Å²) in [6.45, 7) is 5.62. The molecule has 1 aliphatic carbocycles. The first kappa shape index (κ1) is 11.2. The smallest absolute Gasteiger partial charge is 0.323 e. The summed E-state index contributed by atoms with van der Waals surface area (Å²) < 4.78 is 11.1. The Bertz CT molecular complexity index is 248. The molecule has 4 N–H and O–H groups in total. The standard InChI is InChI=1S/C8H18NO3P/c1-7(2)4-6(5-7)8(3,9)13(10,11)12/h6H,4-5,9H2,1-3H3,(H2,10,11,12). The highest BCUT2D eigenvalue weighted by Crippen LogP contribution is 2.60. The van der Waals surface area contributed by atoms with Gasteiger partial charge in [-0.15, -0.1) is 0 Å². The van der Waals surface area contributed by atoms with Crippen LogP contribution in [0.15, 0.2) is 0 Å². The lowest BCUT2D eigenvalue weighted by molar-refractivity contribution is 0.0585. The minimum atomic E-state index is -4.17. The van der Waals surface area contributed by atoms with E-state index in [-0.39, 0.29) is 11.3 Å². The van der Waals surface area contributed by atoms with E-state index in [9.17, 15) is 4.57 Å². The fraction of sp³-hybridized carbons (Fsp3) is 1.00. The highest BCUT2D eigenvalue weighted by atomic mass is 31.2. The van der Waals surface area contributed by atoms with Crippen molar-refractivity contribution in [2.24, 2.45) is 17.1 Å². The number of hydrogen-bond acceptors (Lipinski definition) is 2. The largest absolute Gasteiger partial charge is 0.345 e. The van der Waals surface area contributed by atoms with E-state index in [0.717, 1.165) is 12.8 Å². The van der Waals surface area contributed by atoms with Gasteiger partial charge in [0.25, 0.3) is 0 Å².